The summed E-state index contributed by atoms with van der Waals surface area (Å²) in [6, 6.07) is 4.12. The van der Waals surface area contributed by atoms with Gasteiger partial charge in [0.25, 0.3) is 0 Å². The maximum absolute atomic E-state index is 6.80. The van der Waals surface area contributed by atoms with Crippen molar-refractivity contribution in [1.29, 1.82) is 0 Å². The van der Waals surface area contributed by atoms with Gasteiger partial charge < -0.3 is 14.2 Å². The van der Waals surface area contributed by atoms with Crippen molar-refractivity contribution in [2.75, 3.05) is 19.8 Å². The van der Waals surface area contributed by atoms with E-state index in [-0.39, 0.29) is 12.5 Å². The van der Waals surface area contributed by atoms with Gasteiger partial charge in [-0.2, -0.15) is 5.10 Å². The molecule has 172 valence electrons. The number of rotatable bonds is 7. The van der Waals surface area contributed by atoms with Crippen LogP contribution in [0.25, 0.3) is 10.9 Å². The molecule has 10 heteroatoms. The third-order valence-electron chi connectivity index (χ3n) is 6.04. The SMILES string of the molecule is Clc1c(Cc2nc(Br)nn2CCOC2CCCCO2)ccc2c1cnn2C1CCCCO1. The largest absolute Gasteiger partial charge is 0.356 e. The molecular weight excluding hydrogens is 498 g/mol. The molecule has 0 saturated carbocycles. The molecule has 5 rings (SSSR count). The monoisotopic (exact) mass is 523 g/mol. The van der Waals surface area contributed by atoms with Crippen LogP contribution in [-0.4, -0.2) is 50.7 Å². The summed E-state index contributed by atoms with van der Waals surface area (Å²) in [5, 5.41) is 10.7. The maximum atomic E-state index is 6.80. The lowest BCUT2D eigenvalue weighted by molar-refractivity contribution is -0.163. The van der Waals surface area contributed by atoms with Crippen molar-refractivity contribution in [1.82, 2.24) is 24.5 Å². The van der Waals surface area contributed by atoms with Gasteiger partial charge in [0.1, 0.15) is 5.82 Å². The van der Waals surface area contributed by atoms with Crippen LogP contribution >= 0.6 is 27.5 Å². The molecule has 0 N–H and O–H groups in total. The van der Waals surface area contributed by atoms with Crippen LogP contribution in [0.15, 0.2) is 23.1 Å². The Hall–Kier alpha value is -1.52. The van der Waals surface area contributed by atoms with Gasteiger partial charge in [-0.3, -0.25) is 0 Å². The highest BCUT2D eigenvalue weighted by atomic mass is 79.9. The van der Waals surface area contributed by atoms with Crippen molar-refractivity contribution in [2.45, 2.75) is 64.0 Å². The average molecular weight is 525 g/mol. The zero-order chi connectivity index (χ0) is 21.9. The van der Waals surface area contributed by atoms with E-state index < -0.39 is 0 Å². The summed E-state index contributed by atoms with van der Waals surface area (Å²) in [6.07, 6.45) is 8.71. The predicted molar refractivity (Wildman–Crippen MR) is 124 cm³/mol. The van der Waals surface area contributed by atoms with Crippen LogP contribution in [0.3, 0.4) is 0 Å². The summed E-state index contributed by atoms with van der Waals surface area (Å²) >= 11 is 10.2. The van der Waals surface area contributed by atoms with Crippen molar-refractivity contribution in [3.05, 3.63) is 39.5 Å². The van der Waals surface area contributed by atoms with E-state index in [9.17, 15) is 0 Å². The van der Waals surface area contributed by atoms with Crippen molar-refractivity contribution in [2.24, 2.45) is 0 Å². The van der Waals surface area contributed by atoms with Gasteiger partial charge in [-0.05, 0) is 66.1 Å². The number of halogens is 2. The fraction of sp³-hybridized carbons (Fsp3) is 0.591. The number of benzene rings is 1. The first-order chi connectivity index (χ1) is 15.7. The first-order valence-electron chi connectivity index (χ1n) is 11.3. The molecule has 3 aromatic rings. The standard InChI is InChI=1S/C22H27BrClN5O3/c23-22-26-18(28(27-22)9-12-32-20-6-2-4-11-31-20)13-15-7-8-17-16(21(15)24)14-25-29(17)19-5-1-3-10-30-19/h7-8,14,19-20H,1-6,9-13H2. The first-order valence-corrected chi connectivity index (χ1v) is 12.4. The lowest BCUT2D eigenvalue weighted by atomic mass is 10.1. The molecule has 2 unspecified atom stereocenters. The van der Waals surface area contributed by atoms with Crippen molar-refractivity contribution >= 4 is 38.4 Å². The van der Waals surface area contributed by atoms with Gasteiger partial charge in [0.05, 0.1) is 29.9 Å². The van der Waals surface area contributed by atoms with E-state index in [0.29, 0.717) is 29.3 Å². The van der Waals surface area contributed by atoms with E-state index in [0.717, 1.165) is 74.0 Å². The van der Waals surface area contributed by atoms with E-state index in [1.54, 1.807) is 0 Å². The number of hydrogen-bond donors (Lipinski definition) is 0. The van der Waals surface area contributed by atoms with E-state index in [4.69, 9.17) is 25.8 Å². The van der Waals surface area contributed by atoms with Crippen LogP contribution < -0.4 is 0 Å². The lowest BCUT2D eigenvalue weighted by Gasteiger charge is -2.23. The van der Waals surface area contributed by atoms with Gasteiger partial charge in [0, 0.05) is 25.0 Å². The van der Waals surface area contributed by atoms with Crippen molar-refractivity contribution in [3.63, 3.8) is 0 Å². The molecule has 2 fully saturated rings. The molecule has 0 radical (unpaired) electrons. The Labute approximate surface area is 200 Å². The topological polar surface area (TPSA) is 76.2 Å². The number of nitrogens with zero attached hydrogens (tertiary/aromatic N) is 5. The highest BCUT2D eigenvalue weighted by Gasteiger charge is 2.21. The molecule has 0 bridgehead atoms. The zero-order valence-electron chi connectivity index (χ0n) is 17.9. The van der Waals surface area contributed by atoms with Gasteiger partial charge in [0.2, 0.25) is 4.73 Å². The normalized spacial score (nSPS) is 21.9. The van der Waals surface area contributed by atoms with Crippen LogP contribution in [0.1, 0.15) is 56.1 Å². The molecule has 8 nitrogen and oxygen atoms in total. The van der Waals surface area contributed by atoms with Gasteiger partial charge >= 0.3 is 0 Å². The molecule has 1 aromatic carbocycles. The molecule has 32 heavy (non-hydrogen) atoms. The first kappa shape index (κ1) is 22.3. The van der Waals surface area contributed by atoms with Crippen molar-refractivity contribution in [3.8, 4) is 0 Å². The third-order valence-corrected chi connectivity index (χ3v) is 6.82. The Morgan fingerprint density at radius 2 is 1.97 bits per heavy atom. The second-order valence-electron chi connectivity index (χ2n) is 8.25. The van der Waals surface area contributed by atoms with Crippen LogP contribution in [0.5, 0.6) is 0 Å². The zero-order valence-corrected chi connectivity index (χ0v) is 20.2. The minimum absolute atomic E-state index is 0.0182. The van der Waals surface area contributed by atoms with Crippen LogP contribution in [0, 0.1) is 0 Å². The van der Waals surface area contributed by atoms with Gasteiger partial charge in [-0.1, -0.05) is 17.7 Å². The lowest BCUT2D eigenvalue weighted by Crippen LogP contribution is -2.24. The van der Waals surface area contributed by atoms with Gasteiger partial charge in [-0.25, -0.2) is 14.3 Å². The van der Waals surface area contributed by atoms with Gasteiger partial charge in [-0.15, -0.1) is 5.10 Å². The van der Waals surface area contributed by atoms with Gasteiger partial charge in [0.15, 0.2) is 12.5 Å². The highest BCUT2D eigenvalue weighted by Crippen LogP contribution is 2.32. The summed E-state index contributed by atoms with van der Waals surface area (Å²) in [6.45, 7) is 2.67. The summed E-state index contributed by atoms with van der Waals surface area (Å²) in [5.74, 6) is 0.828. The molecular formula is C22H27BrClN5O3. The molecule has 2 aromatic heterocycles. The summed E-state index contributed by atoms with van der Waals surface area (Å²) in [7, 11) is 0. The van der Waals surface area contributed by atoms with Crippen LogP contribution in [0.4, 0.5) is 0 Å². The number of ether oxygens (including phenoxy) is 3. The second-order valence-corrected chi connectivity index (χ2v) is 9.33. The average Bonchev–Trinajstić information content (AvgIpc) is 3.40. The molecule has 0 aliphatic carbocycles. The number of hydrogen-bond acceptors (Lipinski definition) is 6. The summed E-state index contributed by atoms with van der Waals surface area (Å²) in [5.41, 5.74) is 1.98. The number of aromatic nitrogens is 5. The molecule has 0 amide bonds. The molecule has 2 aliphatic heterocycles. The summed E-state index contributed by atoms with van der Waals surface area (Å²) in [4.78, 5) is 4.55. The Kier molecular flexibility index (Phi) is 7.08. The quantitative estimate of drug-likeness (QED) is 0.439. The predicted octanol–water partition coefficient (Wildman–Crippen LogP) is 4.88. The van der Waals surface area contributed by atoms with Crippen molar-refractivity contribution < 1.29 is 14.2 Å². The van der Waals surface area contributed by atoms with Crippen LogP contribution in [0.2, 0.25) is 5.02 Å². The van der Waals surface area contributed by atoms with Crippen LogP contribution in [-0.2, 0) is 27.2 Å². The molecule has 2 atom stereocenters. The molecule has 2 saturated heterocycles. The van der Waals surface area contributed by atoms with E-state index in [1.807, 2.05) is 21.6 Å². The Balaban J connectivity index is 1.30. The minimum Gasteiger partial charge on any atom is -0.356 e. The molecule has 4 heterocycles. The Morgan fingerprint density at radius 1 is 1.12 bits per heavy atom. The maximum Gasteiger partial charge on any atom is 0.217 e. The molecule has 2 aliphatic rings. The number of fused-ring (bicyclic) bond motifs is 1. The minimum atomic E-state index is -0.110. The fourth-order valence-corrected chi connectivity index (χ4v) is 5.02. The highest BCUT2D eigenvalue weighted by molar-refractivity contribution is 9.10. The fourth-order valence-electron chi connectivity index (χ4n) is 4.35. The van der Waals surface area contributed by atoms with E-state index in [1.165, 1.54) is 0 Å². The second kappa shape index (κ2) is 10.2. The third kappa shape index (κ3) is 4.87. The Morgan fingerprint density at radius 3 is 2.75 bits per heavy atom. The molecule has 0 spiro atoms. The summed E-state index contributed by atoms with van der Waals surface area (Å²) < 4.78 is 21.8. The smallest absolute Gasteiger partial charge is 0.217 e. The Bertz CT molecular complexity index is 1060. The van der Waals surface area contributed by atoms with E-state index >= 15 is 0 Å². The van der Waals surface area contributed by atoms with E-state index in [2.05, 4.69) is 37.2 Å².